The zero-order chi connectivity index (χ0) is 22.4. The van der Waals surface area contributed by atoms with Crippen molar-refractivity contribution in [1.82, 2.24) is 20.0 Å². The fraction of sp³-hybridized carbons (Fsp3) is 0.826. The number of urea groups is 1. The standard InChI is InChI=1S/C23H36N4O4/c1-22(2,3)17-7-9-23(10-8-17)20(30)27(21(31)24-23)15-18(28)25-11-13-26(14-12-25)19(29)16-5-4-6-16/h16-17H,4-15H2,1-3H3,(H,24,31). The number of piperazine rings is 1. The van der Waals surface area contributed by atoms with E-state index in [4.69, 9.17) is 0 Å². The van der Waals surface area contributed by atoms with Gasteiger partial charge < -0.3 is 15.1 Å². The molecule has 172 valence electrons. The zero-order valence-electron chi connectivity index (χ0n) is 19.1. The highest BCUT2D eigenvalue weighted by Gasteiger charge is 2.53. The van der Waals surface area contributed by atoms with Gasteiger partial charge in [-0.1, -0.05) is 27.2 Å². The lowest BCUT2D eigenvalue weighted by molar-refractivity contribution is -0.145. The molecule has 0 aromatic carbocycles. The van der Waals surface area contributed by atoms with Crippen molar-refractivity contribution in [2.75, 3.05) is 32.7 Å². The van der Waals surface area contributed by atoms with Gasteiger partial charge in [-0.15, -0.1) is 0 Å². The summed E-state index contributed by atoms with van der Waals surface area (Å²) >= 11 is 0. The Labute approximate surface area is 184 Å². The lowest BCUT2D eigenvalue weighted by atomic mass is 9.67. The van der Waals surface area contributed by atoms with Crippen LogP contribution in [0, 0.1) is 17.3 Å². The summed E-state index contributed by atoms with van der Waals surface area (Å²) < 4.78 is 0. The quantitative estimate of drug-likeness (QED) is 0.691. The molecule has 2 aliphatic heterocycles. The molecule has 1 spiro atoms. The monoisotopic (exact) mass is 432 g/mol. The van der Waals surface area contributed by atoms with Crippen LogP contribution in [0.3, 0.4) is 0 Å². The van der Waals surface area contributed by atoms with Crippen LogP contribution in [0.1, 0.15) is 65.7 Å². The van der Waals surface area contributed by atoms with E-state index in [0.29, 0.717) is 44.9 Å². The second kappa shape index (κ2) is 8.10. The summed E-state index contributed by atoms with van der Waals surface area (Å²) in [5.74, 6) is 0.423. The van der Waals surface area contributed by atoms with Crippen LogP contribution in [0.4, 0.5) is 4.79 Å². The van der Waals surface area contributed by atoms with Crippen LogP contribution < -0.4 is 5.32 Å². The molecule has 5 amide bonds. The van der Waals surface area contributed by atoms with E-state index in [2.05, 4.69) is 26.1 Å². The predicted molar refractivity (Wildman–Crippen MR) is 115 cm³/mol. The van der Waals surface area contributed by atoms with Crippen molar-refractivity contribution in [1.29, 1.82) is 0 Å². The van der Waals surface area contributed by atoms with Gasteiger partial charge in [0.15, 0.2) is 0 Å². The van der Waals surface area contributed by atoms with Crippen LogP contribution in [0.25, 0.3) is 0 Å². The van der Waals surface area contributed by atoms with Gasteiger partial charge in [0.25, 0.3) is 5.91 Å². The average molecular weight is 433 g/mol. The highest BCUT2D eigenvalue weighted by molar-refractivity contribution is 6.09. The summed E-state index contributed by atoms with van der Waals surface area (Å²) in [6.45, 7) is 8.41. The first-order valence-corrected chi connectivity index (χ1v) is 11.8. The Hall–Kier alpha value is -2.12. The number of hydrogen-bond acceptors (Lipinski definition) is 4. The Morgan fingerprint density at radius 2 is 1.55 bits per heavy atom. The van der Waals surface area contributed by atoms with Gasteiger partial charge in [-0.05, 0) is 49.9 Å². The molecule has 2 aliphatic carbocycles. The fourth-order valence-electron chi connectivity index (χ4n) is 5.46. The number of hydrogen-bond donors (Lipinski definition) is 1. The zero-order valence-corrected chi connectivity index (χ0v) is 19.1. The fourth-order valence-corrected chi connectivity index (χ4v) is 5.46. The minimum absolute atomic E-state index is 0.165. The van der Waals surface area contributed by atoms with Crippen LogP contribution in [0.2, 0.25) is 0 Å². The van der Waals surface area contributed by atoms with Crippen LogP contribution in [-0.4, -0.2) is 76.7 Å². The molecule has 0 radical (unpaired) electrons. The molecule has 0 atom stereocenters. The molecule has 2 heterocycles. The first-order chi connectivity index (χ1) is 14.6. The molecule has 2 saturated heterocycles. The Morgan fingerprint density at radius 3 is 2.06 bits per heavy atom. The molecule has 2 saturated carbocycles. The molecule has 31 heavy (non-hydrogen) atoms. The van der Waals surface area contributed by atoms with Gasteiger partial charge in [0.05, 0.1) is 0 Å². The van der Waals surface area contributed by atoms with E-state index in [0.717, 1.165) is 37.0 Å². The molecule has 4 aliphatic rings. The van der Waals surface area contributed by atoms with Gasteiger partial charge in [-0.2, -0.15) is 0 Å². The molecule has 4 fully saturated rings. The molecule has 0 aromatic heterocycles. The van der Waals surface area contributed by atoms with Crippen molar-refractivity contribution in [3.63, 3.8) is 0 Å². The molecular formula is C23H36N4O4. The first kappa shape index (κ1) is 22.1. The SMILES string of the molecule is CC(C)(C)C1CCC2(CC1)NC(=O)N(CC(=O)N1CCN(C(=O)C3CCC3)CC1)C2=O. The number of rotatable bonds is 3. The largest absolute Gasteiger partial charge is 0.339 e. The molecule has 1 N–H and O–H groups in total. The number of carbonyl (C=O) groups excluding carboxylic acids is 4. The Morgan fingerprint density at radius 1 is 0.968 bits per heavy atom. The molecule has 0 aromatic rings. The second-order valence-corrected chi connectivity index (χ2v) is 10.9. The van der Waals surface area contributed by atoms with E-state index >= 15 is 0 Å². The molecule has 4 rings (SSSR count). The predicted octanol–water partition coefficient (Wildman–Crippen LogP) is 1.98. The number of carbonyl (C=O) groups is 4. The van der Waals surface area contributed by atoms with Gasteiger partial charge in [0.1, 0.15) is 12.1 Å². The Balaban J connectivity index is 1.30. The van der Waals surface area contributed by atoms with Crippen molar-refractivity contribution in [3.8, 4) is 0 Å². The van der Waals surface area contributed by atoms with Crippen molar-refractivity contribution in [3.05, 3.63) is 0 Å². The molecular weight excluding hydrogens is 396 g/mol. The minimum atomic E-state index is -0.840. The van der Waals surface area contributed by atoms with Gasteiger partial charge in [0, 0.05) is 32.1 Å². The van der Waals surface area contributed by atoms with Gasteiger partial charge in [-0.3, -0.25) is 19.3 Å². The normalized spacial score (nSPS) is 29.9. The van der Waals surface area contributed by atoms with Gasteiger partial charge >= 0.3 is 6.03 Å². The molecule has 8 heteroatoms. The third kappa shape index (κ3) is 4.17. The summed E-state index contributed by atoms with van der Waals surface area (Å²) in [4.78, 5) is 55.6. The van der Waals surface area contributed by atoms with E-state index in [1.165, 1.54) is 0 Å². The van der Waals surface area contributed by atoms with Crippen LogP contribution in [-0.2, 0) is 14.4 Å². The number of nitrogens with one attached hydrogen (secondary N) is 1. The van der Waals surface area contributed by atoms with Gasteiger partial charge in [-0.25, -0.2) is 4.79 Å². The highest BCUT2D eigenvalue weighted by Crippen LogP contribution is 2.43. The van der Waals surface area contributed by atoms with E-state index in [9.17, 15) is 19.2 Å². The van der Waals surface area contributed by atoms with Crippen LogP contribution in [0.15, 0.2) is 0 Å². The smallest absolute Gasteiger partial charge is 0.325 e. The summed E-state index contributed by atoms with van der Waals surface area (Å²) in [7, 11) is 0. The third-order valence-electron chi connectivity index (χ3n) is 8.00. The van der Waals surface area contributed by atoms with Crippen molar-refractivity contribution in [2.24, 2.45) is 17.3 Å². The average Bonchev–Trinajstić information content (AvgIpc) is 2.90. The third-order valence-corrected chi connectivity index (χ3v) is 8.00. The minimum Gasteiger partial charge on any atom is -0.339 e. The maximum absolute atomic E-state index is 13.1. The lowest BCUT2D eigenvalue weighted by Crippen LogP contribution is -2.55. The number of nitrogens with zero attached hydrogens (tertiary/aromatic N) is 3. The van der Waals surface area contributed by atoms with Crippen LogP contribution in [0.5, 0.6) is 0 Å². The summed E-state index contributed by atoms with van der Waals surface area (Å²) in [5.41, 5.74) is -0.655. The van der Waals surface area contributed by atoms with E-state index in [1.807, 2.05) is 4.90 Å². The van der Waals surface area contributed by atoms with Crippen molar-refractivity contribution < 1.29 is 19.2 Å². The Bertz CT molecular complexity index is 754. The topological polar surface area (TPSA) is 90.0 Å². The number of imide groups is 1. The van der Waals surface area contributed by atoms with E-state index < -0.39 is 11.6 Å². The highest BCUT2D eigenvalue weighted by atomic mass is 16.2. The maximum Gasteiger partial charge on any atom is 0.325 e. The number of amides is 5. The summed E-state index contributed by atoms with van der Waals surface area (Å²) in [6, 6.07) is -0.452. The first-order valence-electron chi connectivity index (χ1n) is 11.8. The van der Waals surface area contributed by atoms with E-state index in [-0.39, 0.29) is 35.6 Å². The van der Waals surface area contributed by atoms with E-state index in [1.54, 1.807) is 4.90 Å². The Kier molecular flexibility index (Phi) is 5.77. The molecule has 8 nitrogen and oxygen atoms in total. The van der Waals surface area contributed by atoms with Crippen molar-refractivity contribution in [2.45, 2.75) is 71.3 Å². The van der Waals surface area contributed by atoms with Gasteiger partial charge in [0.2, 0.25) is 11.8 Å². The molecule has 0 unspecified atom stereocenters. The lowest BCUT2D eigenvalue weighted by Gasteiger charge is -2.40. The van der Waals surface area contributed by atoms with Crippen molar-refractivity contribution >= 4 is 23.8 Å². The second-order valence-electron chi connectivity index (χ2n) is 10.9. The maximum atomic E-state index is 13.1. The van der Waals surface area contributed by atoms with Crippen LogP contribution >= 0.6 is 0 Å². The summed E-state index contributed by atoms with van der Waals surface area (Å²) in [6.07, 6.45) is 6.13. The molecule has 0 bridgehead atoms. The summed E-state index contributed by atoms with van der Waals surface area (Å²) in [5, 5.41) is 2.91.